The summed E-state index contributed by atoms with van der Waals surface area (Å²) < 4.78 is 7.24. The van der Waals surface area contributed by atoms with Gasteiger partial charge in [0, 0.05) is 32.4 Å². The number of hydrogen-bond acceptors (Lipinski definition) is 3. The van der Waals surface area contributed by atoms with Crippen LogP contribution < -0.4 is 5.32 Å². The van der Waals surface area contributed by atoms with Crippen molar-refractivity contribution >= 4 is 0 Å². The summed E-state index contributed by atoms with van der Waals surface area (Å²) in [4.78, 5) is 0. The molecular formula is C17H31N3O. The van der Waals surface area contributed by atoms with Gasteiger partial charge >= 0.3 is 0 Å². The van der Waals surface area contributed by atoms with Crippen molar-refractivity contribution in [2.24, 2.45) is 5.41 Å². The van der Waals surface area contributed by atoms with Crippen molar-refractivity contribution in [1.82, 2.24) is 15.1 Å². The number of rotatable bonds is 9. The third kappa shape index (κ3) is 4.55. The van der Waals surface area contributed by atoms with Gasteiger partial charge in [0.2, 0.25) is 0 Å². The van der Waals surface area contributed by atoms with Gasteiger partial charge in [0.25, 0.3) is 0 Å². The molecule has 1 aliphatic carbocycles. The molecule has 1 N–H and O–H groups in total. The van der Waals surface area contributed by atoms with Gasteiger partial charge in [-0.3, -0.25) is 4.68 Å². The summed E-state index contributed by atoms with van der Waals surface area (Å²) in [5.41, 5.74) is 1.66. The van der Waals surface area contributed by atoms with Crippen molar-refractivity contribution in [3.05, 3.63) is 18.0 Å². The van der Waals surface area contributed by atoms with Crippen molar-refractivity contribution in [2.45, 2.75) is 58.4 Å². The van der Waals surface area contributed by atoms with E-state index in [1.807, 2.05) is 0 Å². The highest BCUT2D eigenvalue weighted by atomic mass is 16.5. The molecule has 0 saturated heterocycles. The molecule has 1 aromatic rings. The molecule has 1 aromatic heterocycles. The van der Waals surface area contributed by atoms with E-state index in [9.17, 15) is 0 Å². The van der Waals surface area contributed by atoms with Crippen LogP contribution >= 0.6 is 0 Å². The van der Waals surface area contributed by atoms with Crippen LogP contribution in [-0.2, 0) is 11.2 Å². The minimum Gasteiger partial charge on any atom is -0.383 e. The van der Waals surface area contributed by atoms with Gasteiger partial charge in [-0.15, -0.1) is 0 Å². The Balaban J connectivity index is 1.94. The molecule has 1 atom stereocenters. The highest BCUT2D eigenvalue weighted by Crippen LogP contribution is 2.40. The zero-order chi connectivity index (χ0) is 15.1. The van der Waals surface area contributed by atoms with Crippen LogP contribution in [0.4, 0.5) is 0 Å². The second kappa shape index (κ2) is 7.95. The third-order valence-electron chi connectivity index (χ3n) is 4.91. The first kappa shape index (κ1) is 16.5. The summed E-state index contributed by atoms with van der Waals surface area (Å²) in [6, 6.07) is 2.71. The quantitative estimate of drug-likeness (QED) is 0.711. The highest BCUT2D eigenvalue weighted by molar-refractivity contribution is 5.05. The second-order valence-electron chi connectivity index (χ2n) is 6.60. The van der Waals surface area contributed by atoms with Gasteiger partial charge in [-0.1, -0.05) is 19.8 Å². The number of nitrogens with zero attached hydrogens (tertiary/aromatic N) is 2. The van der Waals surface area contributed by atoms with E-state index < -0.39 is 0 Å². The molecule has 1 saturated carbocycles. The van der Waals surface area contributed by atoms with Crippen LogP contribution in [0, 0.1) is 5.41 Å². The maximum atomic E-state index is 5.12. The van der Waals surface area contributed by atoms with Gasteiger partial charge in [0.1, 0.15) is 0 Å². The standard InChI is InChI=1S/C17H31N3O/c1-4-15(2)20-11-7-16(19-20)13-17(8-5-6-9-17)14-18-10-12-21-3/h7,11,15,18H,4-6,8-10,12-14H2,1-3H3. The first-order valence-corrected chi connectivity index (χ1v) is 8.43. The number of methoxy groups -OCH3 is 1. The van der Waals surface area contributed by atoms with E-state index in [1.165, 1.54) is 31.4 Å². The Morgan fingerprint density at radius 3 is 2.86 bits per heavy atom. The van der Waals surface area contributed by atoms with Crippen LogP contribution in [0.3, 0.4) is 0 Å². The van der Waals surface area contributed by atoms with Gasteiger partial charge in [0.15, 0.2) is 0 Å². The minimum atomic E-state index is 0.405. The third-order valence-corrected chi connectivity index (χ3v) is 4.91. The van der Waals surface area contributed by atoms with Crippen LogP contribution in [0.2, 0.25) is 0 Å². The van der Waals surface area contributed by atoms with E-state index in [0.717, 1.165) is 32.5 Å². The molecule has 1 aliphatic rings. The minimum absolute atomic E-state index is 0.405. The molecule has 1 unspecified atom stereocenters. The number of aromatic nitrogens is 2. The van der Waals surface area contributed by atoms with E-state index >= 15 is 0 Å². The number of ether oxygens (including phenoxy) is 1. The molecule has 4 heteroatoms. The zero-order valence-electron chi connectivity index (χ0n) is 13.9. The average molecular weight is 293 g/mol. The summed E-state index contributed by atoms with van der Waals surface area (Å²) >= 11 is 0. The Hall–Kier alpha value is -0.870. The highest BCUT2D eigenvalue weighted by Gasteiger charge is 2.34. The first-order chi connectivity index (χ1) is 10.2. The van der Waals surface area contributed by atoms with E-state index in [4.69, 9.17) is 9.84 Å². The Morgan fingerprint density at radius 1 is 1.43 bits per heavy atom. The lowest BCUT2D eigenvalue weighted by molar-refractivity contribution is 0.189. The predicted octanol–water partition coefficient (Wildman–Crippen LogP) is 3.19. The molecule has 120 valence electrons. The second-order valence-corrected chi connectivity index (χ2v) is 6.60. The average Bonchev–Trinajstić information content (AvgIpc) is 3.13. The molecule has 0 spiro atoms. The van der Waals surface area contributed by atoms with Crippen LogP contribution in [0.5, 0.6) is 0 Å². The maximum absolute atomic E-state index is 5.12. The largest absolute Gasteiger partial charge is 0.383 e. The van der Waals surface area contributed by atoms with Crippen molar-refractivity contribution < 1.29 is 4.74 Å². The lowest BCUT2D eigenvalue weighted by Crippen LogP contribution is -2.35. The number of hydrogen-bond donors (Lipinski definition) is 1. The van der Waals surface area contributed by atoms with Crippen molar-refractivity contribution in [2.75, 3.05) is 26.8 Å². The lowest BCUT2D eigenvalue weighted by atomic mass is 9.81. The van der Waals surface area contributed by atoms with Gasteiger partial charge in [0.05, 0.1) is 12.3 Å². The molecule has 1 fully saturated rings. The number of nitrogens with one attached hydrogen (secondary N) is 1. The SMILES string of the molecule is CCC(C)n1ccc(CC2(CNCCOC)CCCC2)n1. The van der Waals surface area contributed by atoms with E-state index in [1.54, 1.807) is 7.11 Å². The summed E-state index contributed by atoms with van der Waals surface area (Å²) in [5, 5.41) is 8.37. The monoisotopic (exact) mass is 293 g/mol. The molecule has 0 bridgehead atoms. The van der Waals surface area contributed by atoms with Crippen LogP contribution in [0.25, 0.3) is 0 Å². The molecule has 2 rings (SSSR count). The Kier molecular flexibility index (Phi) is 6.24. The van der Waals surface area contributed by atoms with Crippen molar-refractivity contribution in [3.63, 3.8) is 0 Å². The van der Waals surface area contributed by atoms with E-state index in [0.29, 0.717) is 11.5 Å². The van der Waals surface area contributed by atoms with Crippen molar-refractivity contribution in [1.29, 1.82) is 0 Å². The molecule has 1 heterocycles. The topological polar surface area (TPSA) is 39.1 Å². The fourth-order valence-electron chi connectivity index (χ4n) is 3.36. The molecule has 4 nitrogen and oxygen atoms in total. The smallest absolute Gasteiger partial charge is 0.0630 e. The summed E-state index contributed by atoms with van der Waals surface area (Å²) in [7, 11) is 1.76. The predicted molar refractivity (Wildman–Crippen MR) is 86.6 cm³/mol. The Labute approximate surface area is 129 Å². The van der Waals surface area contributed by atoms with Crippen LogP contribution in [-0.4, -0.2) is 36.6 Å². The molecule has 0 aliphatic heterocycles. The zero-order valence-corrected chi connectivity index (χ0v) is 13.9. The molecule has 21 heavy (non-hydrogen) atoms. The van der Waals surface area contributed by atoms with Gasteiger partial charge in [-0.2, -0.15) is 5.10 Å². The van der Waals surface area contributed by atoms with Gasteiger partial charge in [-0.25, -0.2) is 0 Å². The van der Waals surface area contributed by atoms with Crippen molar-refractivity contribution in [3.8, 4) is 0 Å². The molecular weight excluding hydrogens is 262 g/mol. The van der Waals surface area contributed by atoms with Crippen LogP contribution in [0.15, 0.2) is 12.3 Å². The van der Waals surface area contributed by atoms with Gasteiger partial charge in [-0.05, 0) is 44.1 Å². The summed E-state index contributed by atoms with van der Waals surface area (Å²) in [5.74, 6) is 0. The van der Waals surface area contributed by atoms with E-state index in [-0.39, 0.29) is 0 Å². The fourth-order valence-corrected chi connectivity index (χ4v) is 3.36. The Morgan fingerprint density at radius 2 is 2.19 bits per heavy atom. The fraction of sp³-hybridized carbons (Fsp3) is 0.824. The normalized spacial score (nSPS) is 19.0. The maximum Gasteiger partial charge on any atom is 0.0630 e. The molecule has 0 radical (unpaired) electrons. The lowest BCUT2D eigenvalue weighted by Gasteiger charge is -2.28. The summed E-state index contributed by atoms with van der Waals surface area (Å²) in [6.07, 6.45) is 9.74. The van der Waals surface area contributed by atoms with Crippen LogP contribution in [0.1, 0.15) is 57.7 Å². The summed E-state index contributed by atoms with van der Waals surface area (Å²) in [6.45, 7) is 7.27. The molecule has 0 amide bonds. The Bertz CT molecular complexity index is 410. The van der Waals surface area contributed by atoms with Gasteiger partial charge < -0.3 is 10.1 Å². The van der Waals surface area contributed by atoms with E-state index in [2.05, 4.69) is 36.1 Å². The molecule has 0 aromatic carbocycles. The first-order valence-electron chi connectivity index (χ1n) is 8.43.